The summed E-state index contributed by atoms with van der Waals surface area (Å²) in [5.41, 5.74) is 2.08. The van der Waals surface area contributed by atoms with E-state index in [4.69, 9.17) is 0 Å². The van der Waals surface area contributed by atoms with Gasteiger partial charge in [0.25, 0.3) is 0 Å². The summed E-state index contributed by atoms with van der Waals surface area (Å²) in [6.45, 7) is 0. The zero-order valence-corrected chi connectivity index (χ0v) is 25.6. The molecule has 0 fully saturated rings. The van der Waals surface area contributed by atoms with E-state index in [1.54, 1.807) is 0 Å². The number of hydrogen-bond acceptors (Lipinski definition) is 1. The second-order valence-electron chi connectivity index (χ2n) is 10.1. The first-order valence-corrected chi connectivity index (χ1v) is 19.1. The van der Waals surface area contributed by atoms with Crippen LogP contribution >= 0.6 is 26.3 Å². The van der Waals surface area contributed by atoms with Gasteiger partial charge >= 0.3 is 0 Å². The highest BCUT2D eigenvalue weighted by Crippen LogP contribution is 2.63. The van der Waals surface area contributed by atoms with Crippen molar-refractivity contribution in [3.05, 3.63) is 182 Å². The van der Waals surface area contributed by atoms with Gasteiger partial charge in [0.05, 0.1) is 0 Å². The van der Waals surface area contributed by atoms with Crippen molar-refractivity contribution in [1.82, 2.24) is 0 Å². The fourth-order valence-corrected chi connectivity index (χ4v) is 18.5. The van der Waals surface area contributed by atoms with E-state index in [9.17, 15) is 0 Å². The van der Waals surface area contributed by atoms with Gasteiger partial charge < -0.3 is 0 Å². The molecular weight excluding hydrogens is 550 g/mol. The summed E-state index contributed by atoms with van der Waals surface area (Å²) >= 11 is 2.13. The summed E-state index contributed by atoms with van der Waals surface area (Å²) in [4.78, 5) is 0. The van der Waals surface area contributed by atoms with Crippen LogP contribution in [-0.2, 0) is 0 Å². The molecule has 0 N–H and O–H groups in total. The highest BCUT2D eigenvalue weighted by atomic mass is 32.2. The molecule has 0 aliphatic carbocycles. The first-order valence-electron chi connectivity index (χ1n) is 14.0. The zero-order valence-electron chi connectivity index (χ0n) is 23.0. The fourth-order valence-electron chi connectivity index (χ4n) is 5.75. The fraction of sp³-hybridized carbons (Fsp3) is 0.0526. The van der Waals surface area contributed by atoms with E-state index in [-0.39, 0.29) is 0 Å². The number of hydrogen-bond donors (Lipinski definition) is 0. The maximum atomic E-state index is 2.35. The van der Waals surface area contributed by atoms with Crippen LogP contribution in [0.5, 0.6) is 0 Å². The summed E-state index contributed by atoms with van der Waals surface area (Å²) in [6, 6.07) is 67.5. The van der Waals surface area contributed by atoms with E-state index in [0.717, 1.165) is 11.0 Å². The van der Waals surface area contributed by atoms with Crippen LogP contribution in [0, 0.1) is 0 Å². The Morgan fingerprint density at radius 2 is 0.439 bits per heavy atom. The average molecular weight is 585 g/mol. The second kappa shape index (κ2) is 13.0. The summed E-state index contributed by atoms with van der Waals surface area (Å²) in [7, 11) is -3.87. The Kier molecular flexibility index (Phi) is 8.79. The Hall–Kier alpha value is -3.47. The van der Waals surface area contributed by atoms with Gasteiger partial charge in [0.1, 0.15) is 57.3 Å². The molecule has 0 unspecified atom stereocenters. The molecule has 0 spiro atoms. The van der Waals surface area contributed by atoms with Crippen molar-refractivity contribution in [3.63, 3.8) is 0 Å². The Morgan fingerprint density at radius 3 is 0.610 bits per heavy atom. The molecule has 0 nitrogen and oxygen atoms in total. The predicted octanol–water partition coefficient (Wildman–Crippen LogP) is 7.62. The number of rotatable bonds is 10. The SMILES string of the molecule is c1ccc([P+](CSC[P+](c2ccccc2)(c2ccccc2)c2ccccc2)(c2ccccc2)c2ccccc2)cc1. The minimum atomic E-state index is -1.93. The first-order chi connectivity index (χ1) is 20.3. The minimum absolute atomic E-state index is 1.04. The molecular formula is C38H34P2S+2. The van der Waals surface area contributed by atoms with Crippen molar-refractivity contribution in [2.45, 2.75) is 0 Å². The van der Waals surface area contributed by atoms with Crippen LogP contribution in [0.1, 0.15) is 0 Å². The Bertz CT molecular complexity index is 1310. The van der Waals surface area contributed by atoms with Gasteiger partial charge in [-0.1, -0.05) is 121 Å². The lowest BCUT2D eigenvalue weighted by atomic mass is 10.4. The molecule has 6 aromatic rings. The number of thioether (sulfide) groups is 1. The van der Waals surface area contributed by atoms with Crippen LogP contribution in [-0.4, -0.2) is 11.0 Å². The van der Waals surface area contributed by atoms with Gasteiger partial charge in [-0.25, -0.2) is 0 Å². The predicted molar refractivity (Wildman–Crippen MR) is 188 cm³/mol. The standard InChI is InChI=1S/C38H34P2S/c1-7-19-33(20-8-1)39(34-21-9-2-10-22-34,35-23-11-3-12-24-35)31-41-32-40(36-25-13-4-14-26-36,37-27-15-5-16-28-37)38-29-17-6-18-30-38/h1-30H,31-32H2/q+2. The van der Waals surface area contributed by atoms with Crippen LogP contribution in [0.2, 0.25) is 0 Å². The van der Waals surface area contributed by atoms with E-state index in [1.165, 1.54) is 31.8 Å². The molecule has 200 valence electrons. The van der Waals surface area contributed by atoms with Crippen LogP contribution in [0.25, 0.3) is 0 Å². The van der Waals surface area contributed by atoms with Crippen LogP contribution in [0.4, 0.5) is 0 Å². The first kappa shape index (κ1) is 27.7. The summed E-state index contributed by atoms with van der Waals surface area (Å²) in [5, 5.41) is 8.63. The highest BCUT2D eigenvalue weighted by molar-refractivity contribution is 8.19. The van der Waals surface area contributed by atoms with Crippen molar-refractivity contribution in [1.29, 1.82) is 0 Å². The highest BCUT2D eigenvalue weighted by Gasteiger charge is 2.49. The molecule has 3 heteroatoms. The van der Waals surface area contributed by atoms with Gasteiger partial charge in [-0.05, 0) is 72.8 Å². The van der Waals surface area contributed by atoms with Gasteiger partial charge in [-0.3, -0.25) is 0 Å². The molecule has 0 bridgehead atoms. The quantitative estimate of drug-likeness (QED) is 0.149. The molecule has 0 amide bonds. The van der Waals surface area contributed by atoms with Crippen molar-refractivity contribution in [3.8, 4) is 0 Å². The molecule has 0 saturated carbocycles. The molecule has 0 saturated heterocycles. The van der Waals surface area contributed by atoms with Crippen LogP contribution in [0.15, 0.2) is 182 Å². The maximum Gasteiger partial charge on any atom is 0.122 e. The van der Waals surface area contributed by atoms with E-state index in [1.807, 2.05) is 0 Å². The van der Waals surface area contributed by atoms with Gasteiger partial charge in [-0.15, -0.1) is 0 Å². The molecule has 0 heterocycles. The molecule has 0 aliphatic rings. The lowest BCUT2D eigenvalue weighted by molar-refractivity contribution is 1.70. The van der Waals surface area contributed by atoms with Crippen LogP contribution < -0.4 is 31.8 Å². The van der Waals surface area contributed by atoms with E-state index in [2.05, 4.69) is 194 Å². The van der Waals surface area contributed by atoms with Gasteiger partial charge in [0.15, 0.2) is 0 Å². The normalized spacial score (nSPS) is 11.7. The van der Waals surface area contributed by atoms with Crippen molar-refractivity contribution in [2.24, 2.45) is 0 Å². The van der Waals surface area contributed by atoms with Crippen molar-refractivity contribution in [2.75, 3.05) is 11.0 Å². The Labute approximate surface area is 250 Å². The Balaban J connectivity index is 1.50. The van der Waals surface area contributed by atoms with E-state index >= 15 is 0 Å². The zero-order chi connectivity index (χ0) is 27.8. The van der Waals surface area contributed by atoms with Crippen LogP contribution in [0.3, 0.4) is 0 Å². The van der Waals surface area contributed by atoms with E-state index < -0.39 is 14.5 Å². The molecule has 0 aliphatic heterocycles. The summed E-state index contributed by atoms with van der Waals surface area (Å²) in [5.74, 6) is 0. The van der Waals surface area contributed by atoms with Crippen molar-refractivity contribution < 1.29 is 0 Å². The average Bonchev–Trinajstić information content (AvgIpc) is 3.08. The molecule has 6 aromatic carbocycles. The molecule has 0 radical (unpaired) electrons. The molecule has 41 heavy (non-hydrogen) atoms. The molecule has 0 aromatic heterocycles. The van der Waals surface area contributed by atoms with Gasteiger partial charge in [0, 0.05) is 0 Å². The summed E-state index contributed by atoms with van der Waals surface area (Å²) < 4.78 is 0. The van der Waals surface area contributed by atoms with Gasteiger partial charge in [0.2, 0.25) is 0 Å². The maximum absolute atomic E-state index is 2.35. The monoisotopic (exact) mass is 584 g/mol. The smallest absolute Gasteiger partial charge is 0.0783 e. The van der Waals surface area contributed by atoms with Gasteiger partial charge in [-0.2, -0.15) is 0 Å². The Morgan fingerprint density at radius 1 is 0.268 bits per heavy atom. The topological polar surface area (TPSA) is 0 Å². The minimum Gasteiger partial charge on any atom is -0.0783 e. The third-order valence-electron chi connectivity index (χ3n) is 7.75. The molecule has 0 atom stereocenters. The lowest BCUT2D eigenvalue weighted by Gasteiger charge is -2.30. The summed E-state index contributed by atoms with van der Waals surface area (Å²) in [6.07, 6.45) is 0. The third kappa shape index (κ3) is 5.56. The third-order valence-corrected chi connectivity index (χ3v) is 19.4. The largest absolute Gasteiger partial charge is 0.122 e. The van der Waals surface area contributed by atoms with Crippen molar-refractivity contribution >= 4 is 58.1 Å². The molecule has 6 rings (SSSR count). The second-order valence-corrected chi connectivity index (χ2v) is 18.9. The van der Waals surface area contributed by atoms with E-state index in [0.29, 0.717) is 0 Å². The lowest BCUT2D eigenvalue weighted by Crippen LogP contribution is -2.34. The number of benzene rings is 6.